The van der Waals surface area contributed by atoms with Crippen molar-refractivity contribution in [3.05, 3.63) is 22.7 Å². The van der Waals surface area contributed by atoms with Crippen molar-refractivity contribution in [2.24, 2.45) is 5.73 Å². The molecule has 3 nitrogen and oxygen atoms in total. The molecule has 15 heavy (non-hydrogen) atoms. The standard InChI is InChI=1S/C11H16ClNO2/c1-3-15-10-7-8(4-5-13)6-9(12)11(10)14-2/h6-7H,3-5,13H2,1-2H3. The van der Waals surface area contributed by atoms with Crippen molar-refractivity contribution in [2.45, 2.75) is 13.3 Å². The van der Waals surface area contributed by atoms with E-state index in [0.717, 1.165) is 12.0 Å². The Kier molecular flexibility index (Phi) is 4.72. The third-order valence-corrected chi connectivity index (χ3v) is 2.29. The smallest absolute Gasteiger partial charge is 0.179 e. The van der Waals surface area contributed by atoms with Crippen LogP contribution in [0.4, 0.5) is 0 Å². The van der Waals surface area contributed by atoms with E-state index in [1.165, 1.54) is 0 Å². The Morgan fingerprint density at radius 2 is 2.13 bits per heavy atom. The van der Waals surface area contributed by atoms with E-state index in [1.807, 2.05) is 19.1 Å². The molecule has 0 atom stereocenters. The van der Waals surface area contributed by atoms with Crippen LogP contribution in [0.3, 0.4) is 0 Å². The van der Waals surface area contributed by atoms with E-state index in [9.17, 15) is 0 Å². The predicted molar refractivity (Wildman–Crippen MR) is 61.9 cm³/mol. The lowest BCUT2D eigenvalue weighted by molar-refractivity contribution is 0.310. The molecule has 1 rings (SSSR count). The fraction of sp³-hybridized carbons (Fsp3) is 0.455. The number of hydrogen-bond acceptors (Lipinski definition) is 3. The number of methoxy groups -OCH3 is 1. The molecule has 0 fully saturated rings. The molecule has 1 aromatic carbocycles. The Hall–Kier alpha value is -0.930. The second kappa shape index (κ2) is 5.83. The fourth-order valence-electron chi connectivity index (χ4n) is 1.39. The van der Waals surface area contributed by atoms with Gasteiger partial charge in [0.15, 0.2) is 11.5 Å². The molecule has 0 unspecified atom stereocenters. The molecule has 0 amide bonds. The summed E-state index contributed by atoms with van der Waals surface area (Å²) in [6.45, 7) is 3.09. The van der Waals surface area contributed by atoms with Crippen molar-refractivity contribution in [3.63, 3.8) is 0 Å². The van der Waals surface area contributed by atoms with E-state index < -0.39 is 0 Å². The lowest BCUT2D eigenvalue weighted by Crippen LogP contribution is -2.04. The zero-order valence-electron chi connectivity index (χ0n) is 9.05. The lowest BCUT2D eigenvalue weighted by Gasteiger charge is -2.12. The van der Waals surface area contributed by atoms with Crippen molar-refractivity contribution in [1.29, 1.82) is 0 Å². The molecule has 0 aliphatic heterocycles. The maximum absolute atomic E-state index is 6.06. The molecule has 0 spiro atoms. The number of rotatable bonds is 5. The van der Waals surface area contributed by atoms with Gasteiger partial charge in [-0.15, -0.1) is 0 Å². The maximum Gasteiger partial charge on any atom is 0.179 e. The molecular formula is C11H16ClNO2. The highest BCUT2D eigenvalue weighted by Gasteiger charge is 2.10. The summed E-state index contributed by atoms with van der Waals surface area (Å²) in [5, 5.41) is 0.562. The van der Waals surface area contributed by atoms with Crippen molar-refractivity contribution >= 4 is 11.6 Å². The maximum atomic E-state index is 6.06. The van der Waals surface area contributed by atoms with Crippen LogP contribution < -0.4 is 15.2 Å². The Morgan fingerprint density at radius 1 is 1.40 bits per heavy atom. The van der Waals surface area contributed by atoms with Crippen LogP contribution in [0.15, 0.2) is 12.1 Å². The predicted octanol–water partition coefficient (Wildman–Crippen LogP) is 2.25. The van der Waals surface area contributed by atoms with Gasteiger partial charge in [0.1, 0.15) is 0 Å². The fourth-order valence-corrected chi connectivity index (χ4v) is 1.70. The van der Waals surface area contributed by atoms with Crippen LogP contribution in [0.2, 0.25) is 5.02 Å². The summed E-state index contributed by atoms with van der Waals surface area (Å²) in [7, 11) is 1.58. The molecule has 0 aliphatic carbocycles. The second-order valence-corrected chi connectivity index (χ2v) is 3.49. The molecule has 1 aromatic rings. The number of nitrogens with two attached hydrogens (primary N) is 1. The molecule has 0 aromatic heterocycles. The molecule has 0 aliphatic rings. The molecule has 2 N–H and O–H groups in total. The number of benzene rings is 1. The van der Waals surface area contributed by atoms with Gasteiger partial charge < -0.3 is 15.2 Å². The van der Waals surface area contributed by atoms with E-state index in [-0.39, 0.29) is 0 Å². The normalized spacial score (nSPS) is 10.1. The zero-order chi connectivity index (χ0) is 11.3. The second-order valence-electron chi connectivity index (χ2n) is 3.08. The first-order valence-electron chi connectivity index (χ1n) is 4.92. The van der Waals surface area contributed by atoms with Gasteiger partial charge in [0.2, 0.25) is 0 Å². The third-order valence-electron chi connectivity index (χ3n) is 2.01. The summed E-state index contributed by atoms with van der Waals surface area (Å²) < 4.78 is 10.6. The van der Waals surface area contributed by atoms with Crippen LogP contribution >= 0.6 is 11.6 Å². The van der Waals surface area contributed by atoms with Gasteiger partial charge in [0.25, 0.3) is 0 Å². The summed E-state index contributed by atoms with van der Waals surface area (Å²) >= 11 is 6.06. The SMILES string of the molecule is CCOc1cc(CCN)cc(Cl)c1OC. The highest BCUT2D eigenvalue weighted by Crippen LogP contribution is 2.36. The minimum absolute atomic E-state index is 0.562. The summed E-state index contributed by atoms with van der Waals surface area (Å²) in [5.41, 5.74) is 6.55. The van der Waals surface area contributed by atoms with E-state index in [4.69, 9.17) is 26.8 Å². The van der Waals surface area contributed by atoms with Crippen LogP contribution in [0.1, 0.15) is 12.5 Å². The largest absolute Gasteiger partial charge is 0.491 e. The van der Waals surface area contributed by atoms with Gasteiger partial charge in [-0.05, 0) is 37.6 Å². The van der Waals surface area contributed by atoms with Gasteiger partial charge in [-0.1, -0.05) is 11.6 Å². The Balaban J connectivity index is 3.07. The third kappa shape index (κ3) is 3.01. The van der Waals surface area contributed by atoms with E-state index in [1.54, 1.807) is 7.11 Å². The Labute approximate surface area is 95.1 Å². The monoisotopic (exact) mass is 229 g/mol. The number of ether oxygens (including phenoxy) is 2. The highest BCUT2D eigenvalue weighted by atomic mass is 35.5. The van der Waals surface area contributed by atoms with Crippen LogP contribution in [0, 0.1) is 0 Å². The number of halogens is 1. The van der Waals surface area contributed by atoms with E-state index in [2.05, 4.69) is 0 Å². The average molecular weight is 230 g/mol. The Bertz CT molecular complexity index is 329. The number of hydrogen-bond donors (Lipinski definition) is 1. The van der Waals surface area contributed by atoms with E-state index >= 15 is 0 Å². The van der Waals surface area contributed by atoms with Gasteiger partial charge in [0, 0.05) is 0 Å². The summed E-state index contributed by atoms with van der Waals surface area (Å²) in [6.07, 6.45) is 0.782. The first kappa shape index (κ1) is 12.1. The molecule has 0 radical (unpaired) electrons. The lowest BCUT2D eigenvalue weighted by atomic mass is 10.1. The van der Waals surface area contributed by atoms with Crippen molar-refractivity contribution < 1.29 is 9.47 Å². The van der Waals surface area contributed by atoms with Crippen LogP contribution in [0.25, 0.3) is 0 Å². The van der Waals surface area contributed by atoms with Gasteiger partial charge in [-0.3, -0.25) is 0 Å². The van der Waals surface area contributed by atoms with Gasteiger partial charge >= 0.3 is 0 Å². The Morgan fingerprint density at radius 3 is 2.67 bits per heavy atom. The molecule has 4 heteroatoms. The average Bonchev–Trinajstić information content (AvgIpc) is 2.18. The van der Waals surface area contributed by atoms with Gasteiger partial charge in [-0.2, -0.15) is 0 Å². The summed E-state index contributed by atoms with van der Waals surface area (Å²) in [5.74, 6) is 1.26. The van der Waals surface area contributed by atoms with Crippen molar-refractivity contribution in [3.8, 4) is 11.5 Å². The minimum atomic E-state index is 0.562. The quantitative estimate of drug-likeness (QED) is 0.842. The molecule has 0 heterocycles. The summed E-state index contributed by atoms with van der Waals surface area (Å²) in [6, 6.07) is 3.77. The molecule has 0 saturated carbocycles. The van der Waals surface area contributed by atoms with Gasteiger partial charge in [-0.25, -0.2) is 0 Å². The van der Waals surface area contributed by atoms with Crippen molar-refractivity contribution in [1.82, 2.24) is 0 Å². The van der Waals surface area contributed by atoms with Crippen LogP contribution in [0.5, 0.6) is 11.5 Å². The first-order valence-corrected chi connectivity index (χ1v) is 5.30. The zero-order valence-corrected chi connectivity index (χ0v) is 9.80. The van der Waals surface area contributed by atoms with Crippen LogP contribution in [-0.2, 0) is 6.42 Å². The molecular weight excluding hydrogens is 214 g/mol. The summed E-state index contributed by atoms with van der Waals surface area (Å²) in [4.78, 5) is 0. The van der Waals surface area contributed by atoms with E-state index in [0.29, 0.717) is 29.7 Å². The van der Waals surface area contributed by atoms with Gasteiger partial charge in [0.05, 0.1) is 18.7 Å². The van der Waals surface area contributed by atoms with Crippen LogP contribution in [-0.4, -0.2) is 20.3 Å². The highest BCUT2D eigenvalue weighted by molar-refractivity contribution is 6.32. The molecule has 84 valence electrons. The topological polar surface area (TPSA) is 44.5 Å². The molecule has 0 bridgehead atoms. The minimum Gasteiger partial charge on any atom is -0.491 e. The van der Waals surface area contributed by atoms with Crippen molar-refractivity contribution in [2.75, 3.05) is 20.3 Å². The molecule has 0 saturated heterocycles. The first-order chi connectivity index (χ1) is 7.22.